The highest BCUT2D eigenvalue weighted by molar-refractivity contribution is 8.02. The van der Waals surface area contributed by atoms with Crippen molar-refractivity contribution in [2.45, 2.75) is 11.3 Å². The number of hydrogen-bond acceptors (Lipinski definition) is 2. The molecule has 23 heavy (non-hydrogen) atoms. The maximum atomic E-state index is 2.32. The Morgan fingerprint density at radius 2 is 1.26 bits per heavy atom. The first-order chi connectivity index (χ1) is 11.3. The predicted molar refractivity (Wildman–Crippen MR) is 100 cm³/mol. The molecule has 0 amide bonds. The Morgan fingerprint density at radius 1 is 0.739 bits per heavy atom. The van der Waals surface area contributed by atoms with Crippen molar-refractivity contribution in [1.82, 2.24) is 4.90 Å². The van der Waals surface area contributed by atoms with Crippen molar-refractivity contribution in [2.75, 3.05) is 14.1 Å². The minimum absolute atomic E-state index is 0.318. The van der Waals surface area contributed by atoms with Crippen LogP contribution in [0.15, 0.2) is 60.7 Å². The molecule has 0 bridgehead atoms. The van der Waals surface area contributed by atoms with E-state index in [1.165, 1.54) is 16.4 Å². The highest BCUT2D eigenvalue weighted by atomic mass is 32.2. The van der Waals surface area contributed by atoms with Crippen LogP contribution < -0.4 is 0 Å². The third kappa shape index (κ3) is 4.19. The summed E-state index contributed by atoms with van der Waals surface area (Å²) in [4.78, 5) is 2.32. The van der Waals surface area contributed by atoms with E-state index in [0.717, 1.165) is 0 Å². The van der Waals surface area contributed by atoms with Crippen molar-refractivity contribution in [1.29, 1.82) is 0 Å². The van der Waals surface area contributed by atoms with Crippen molar-refractivity contribution >= 4 is 11.8 Å². The predicted octanol–water partition coefficient (Wildman–Crippen LogP) is 5.13. The lowest BCUT2D eigenvalue weighted by Crippen LogP contribution is -2.25. The Hall–Kier alpha value is -1.25. The molecule has 0 unspecified atom stereocenters. The molecule has 0 spiro atoms. The molecular weight excluding hydrogens is 298 g/mol. The van der Waals surface area contributed by atoms with Crippen LogP contribution in [0.3, 0.4) is 0 Å². The number of thioether (sulfide) groups is 1. The third-order valence-corrected chi connectivity index (χ3v) is 5.34. The Kier molecular flexibility index (Phi) is 5.80. The summed E-state index contributed by atoms with van der Waals surface area (Å²) in [7, 11) is 4.33. The molecule has 1 fully saturated rings. The molecule has 117 valence electrons. The molecule has 0 saturated heterocycles. The van der Waals surface area contributed by atoms with E-state index in [2.05, 4.69) is 105 Å². The molecular formula is C21H22NS. The second kappa shape index (κ2) is 8.03. The molecule has 1 nitrogen and oxygen atoms in total. The molecule has 3 rings (SSSR count). The maximum Gasteiger partial charge on any atom is 0.0502 e. The van der Waals surface area contributed by atoms with E-state index in [-0.39, 0.29) is 0 Å². The highest BCUT2D eigenvalue weighted by Crippen LogP contribution is 2.50. The van der Waals surface area contributed by atoms with E-state index < -0.39 is 0 Å². The first kappa shape index (κ1) is 16.6. The zero-order chi connectivity index (χ0) is 16.1. The second-order valence-electron chi connectivity index (χ2n) is 5.89. The summed E-state index contributed by atoms with van der Waals surface area (Å²) in [5, 5.41) is 1.66. The first-order valence-electron chi connectivity index (χ1n) is 7.90. The SMILES string of the molecule is CN(C)[C@H](c1ccccc1)[C@@H](S[C]1[CH][CH][CH][CH]1)c1ccccc1. The topological polar surface area (TPSA) is 3.24 Å². The molecule has 1 saturated carbocycles. The Labute approximate surface area is 145 Å². The average Bonchev–Trinajstić information content (AvgIpc) is 3.09. The molecule has 0 aromatic heterocycles. The number of nitrogens with zero attached hydrogens (tertiary/aromatic N) is 1. The lowest BCUT2D eigenvalue weighted by atomic mass is 9.97. The van der Waals surface area contributed by atoms with Gasteiger partial charge < -0.3 is 4.90 Å². The van der Waals surface area contributed by atoms with Crippen LogP contribution in [0, 0.1) is 30.9 Å². The van der Waals surface area contributed by atoms with Gasteiger partial charge in [0.2, 0.25) is 0 Å². The minimum atomic E-state index is 0.318. The van der Waals surface area contributed by atoms with Crippen molar-refractivity contribution in [3.8, 4) is 0 Å². The maximum absolute atomic E-state index is 2.32. The van der Waals surface area contributed by atoms with Gasteiger partial charge in [0, 0.05) is 10.5 Å². The van der Waals surface area contributed by atoms with Gasteiger partial charge in [0.15, 0.2) is 0 Å². The van der Waals surface area contributed by atoms with Gasteiger partial charge in [-0.2, -0.15) is 0 Å². The van der Waals surface area contributed by atoms with E-state index in [1.807, 2.05) is 11.8 Å². The van der Waals surface area contributed by atoms with Gasteiger partial charge >= 0.3 is 0 Å². The lowest BCUT2D eigenvalue weighted by Gasteiger charge is -2.34. The summed E-state index contributed by atoms with van der Waals surface area (Å²) in [6.45, 7) is 0. The Morgan fingerprint density at radius 3 is 1.78 bits per heavy atom. The zero-order valence-corrected chi connectivity index (χ0v) is 14.4. The zero-order valence-electron chi connectivity index (χ0n) is 13.6. The smallest absolute Gasteiger partial charge is 0.0502 e. The van der Waals surface area contributed by atoms with Crippen LogP contribution in [-0.2, 0) is 0 Å². The third-order valence-electron chi connectivity index (χ3n) is 4.01. The van der Waals surface area contributed by atoms with Crippen LogP contribution in [-0.4, -0.2) is 19.0 Å². The van der Waals surface area contributed by atoms with E-state index in [9.17, 15) is 0 Å². The average molecular weight is 320 g/mol. The minimum Gasteiger partial charge on any atom is -0.301 e. The second-order valence-corrected chi connectivity index (χ2v) is 7.10. The normalized spacial score (nSPS) is 18.2. The Balaban J connectivity index is 1.94. The van der Waals surface area contributed by atoms with Gasteiger partial charge in [-0.05, 0) is 50.9 Å². The van der Waals surface area contributed by atoms with Gasteiger partial charge in [-0.3, -0.25) is 0 Å². The number of rotatable bonds is 6. The van der Waals surface area contributed by atoms with Gasteiger partial charge in [0.25, 0.3) is 0 Å². The fourth-order valence-corrected chi connectivity index (χ4v) is 4.36. The van der Waals surface area contributed by atoms with Gasteiger partial charge in [0.05, 0.1) is 6.04 Å². The van der Waals surface area contributed by atoms with E-state index >= 15 is 0 Å². The van der Waals surface area contributed by atoms with Gasteiger partial charge in [-0.1, -0.05) is 60.7 Å². The molecule has 2 aromatic rings. The number of likely N-dealkylation sites (N-methyl/N-ethyl adjacent to an activating group) is 1. The molecule has 0 heterocycles. The van der Waals surface area contributed by atoms with Gasteiger partial charge in [-0.25, -0.2) is 0 Å². The van der Waals surface area contributed by atoms with Crippen molar-refractivity contribution in [2.24, 2.45) is 0 Å². The van der Waals surface area contributed by atoms with Crippen LogP contribution in [0.1, 0.15) is 22.4 Å². The van der Waals surface area contributed by atoms with Gasteiger partial charge in [-0.15, -0.1) is 11.8 Å². The summed E-state index contributed by atoms with van der Waals surface area (Å²) in [5.41, 5.74) is 2.71. The molecule has 0 N–H and O–H groups in total. The summed E-state index contributed by atoms with van der Waals surface area (Å²) < 4.78 is 0. The van der Waals surface area contributed by atoms with Crippen molar-refractivity contribution in [3.63, 3.8) is 0 Å². The first-order valence-corrected chi connectivity index (χ1v) is 8.78. The van der Waals surface area contributed by atoms with Crippen LogP contribution in [0.4, 0.5) is 0 Å². The molecule has 2 heteroatoms. The van der Waals surface area contributed by atoms with Crippen molar-refractivity contribution < 1.29 is 0 Å². The van der Waals surface area contributed by atoms with Crippen molar-refractivity contribution in [3.05, 3.63) is 103 Å². The fourth-order valence-electron chi connectivity index (χ4n) is 2.93. The van der Waals surface area contributed by atoms with E-state index in [0.29, 0.717) is 11.3 Å². The molecule has 2 aromatic carbocycles. The van der Waals surface area contributed by atoms with Crippen LogP contribution >= 0.6 is 11.8 Å². The number of benzene rings is 2. The largest absolute Gasteiger partial charge is 0.301 e. The molecule has 0 aliphatic heterocycles. The molecule has 1 aliphatic carbocycles. The summed E-state index contributed by atoms with van der Waals surface area (Å²) in [6, 6.07) is 21.9. The van der Waals surface area contributed by atoms with Crippen LogP contribution in [0.2, 0.25) is 0 Å². The Bertz CT molecular complexity index is 575. The molecule has 1 aliphatic rings. The summed E-state index contributed by atoms with van der Waals surface area (Å²) in [5.74, 6) is 0. The molecule has 2 atom stereocenters. The van der Waals surface area contributed by atoms with Crippen LogP contribution in [0.5, 0.6) is 0 Å². The van der Waals surface area contributed by atoms with Crippen LogP contribution in [0.25, 0.3) is 0 Å². The highest BCUT2D eigenvalue weighted by Gasteiger charge is 2.31. The monoisotopic (exact) mass is 320 g/mol. The standard InChI is InChI=1S/C21H22NS/c1-22(2)20(17-11-5-3-6-12-17)21(18-13-7-4-8-14-18)23-19-15-9-10-16-19/h3-16,20-21H,1-2H3/t20-,21+/m1/s1. The quantitative estimate of drug-likeness (QED) is 0.726. The number of hydrogen-bond donors (Lipinski definition) is 0. The van der Waals surface area contributed by atoms with E-state index in [4.69, 9.17) is 0 Å². The summed E-state index contributed by atoms with van der Waals surface area (Å²) >= 11 is 1.94. The lowest BCUT2D eigenvalue weighted by molar-refractivity contribution is 0.293. The van der Waals surface area contributed by atoms with Gasteiger partial charge in [0.1, 0.15) is 0 Å². The fraction of sp³-hybridized carbons (Fsp3) is 0.190. The molecule has 5 radical (unpaired) electrons. The van der Waals surface area contributed by atoms with E-state index in [1.54, 1.807) is 0 Å². The summed E-state index contributed by atoms with van der Waals surface area (Å²) in [6.07, 6.45) is 8.60.